The molecule has 0 saturated carbocycles. The number of hydrogen-bond acceptors (Lipinski definition) is 8. The molecule has 0 spiro atoms. The Labute approximate surface area is 179 Å². The van der Waals surface area contributed by atoms with Gasteiger partial charge in [-0.15, -0.1) is 34.0 Å². The zero-order valence-corrected chi connectivity index (χ0v) is 18.3. The third-order valence-corrected chi connectivity index (χ3v) is 7.06. The average molecular weight is 444 g/mol. The molecule has 0 atom stereocenters. The second kappa shape index (κ2) is 8.32. The first-order valence-electron chi connectivity index (χ1n) is 8.60. The van der Waals surface area contributed by atoms with Crippen molar-refractivity contribution in [2.24, 2.45) is 0 Å². The maximum Gasteiger partial charge on any atom is 0.269 e. The van der Waals surface area contributed by atoms with Crippen LogP contribution in [-0.4, -0.2) is 30.1 Å². The Kier molecular flexibility index (Phi) is 5.61. The Balaban J connectivity index is 1.55. The number of hydrogen-bond donors (Lipinski definition) is 1. The minimum Gasteiger partial charge on any atom is -0.493 e. The number of amides is 1. The van der Waals surface area contributed by atoms with Gasteiger partial charge in [-0.3, -0.25) is 10.1 Å². The van der Waals surface area contributed by atoms with Crippen molar-refractivity contribution in [3.8, 4) is 32.6 Å². The summed E-state index contributed by atoms with van der Waals surface area (Å²) in [6.45, 7) is 1.97. The SMILES string of the molecule is COc1ccc(-c2nc(NC(=O)c3cnc(-c4cccs4)s3)sc2C)cc1OC. The molecule has 0 fully saturated rings. The summed E-state index contributed by atoms with van der Waals surface area (Å²) < 4.78 is 10.7. The van der Waals surface area contributed by atoms with Gasteiger partial charge in [0.05, 0.1) is 31.0 Å². The van der Waals surface area contributed by atoms with Crippen molar-refractivity contribution in [1.29, 1.82) is 0 Å². The molecular formula is C20H17N3O3S3. The number of nitrogens with zero attached hydrogens (tertiary/aromatic N) is 2. The molecule has 0 bridgehead atoms. The molecule has 1 aromatic carbocycles. The molecule has 9 heteroatoms. The van der Waals surface area contributed by atoms with Crippen LogP contribution in [0.2, 0.25) is 0 Å². The van der Waals surface area contributed by atoms with E-state index < -0.39 is 0 Å². The van der Waals surface area contributed by atoms with Gasteiger partial charge in [-0.25, -0.2) is 9.97 Å². The van der Waals surface area contributed by atoms with Crippen molar-refractivity contribution < 1.29 is 14.3 Å². The van der Waals surface area contributed by atoms with Crippen LogP contribution in [0.4, 0.5) is 5.13 Å². The maximum atomic E-state index is 12.6. The average Bonchev–Trinajstić information content (AvgIpc) is 3.48. The van der Waals surface area contributed by atoms with Crippen molar-refractivity contribution in [3.63, 3.8) is 0 Å². The number of thiophene rings is 1. The smallest absolute Gasteiger partial charge is 0.269 e. The number of thiazole rings is 2. The van der Waals surface area contributed by atoms with Crippen LogP contribution < -0.4 is 14.8 Å². The highest BCUT2D eigenvalue weighted by Crippen LogP contribution is 2.36. The highest BCUT2D eigenvalue weighted by molar-refractivity contribution is 7.22. The van der Waals surface area contributed by atoms with Crippen LogP contribution in [0.25, 0.3) is 21.1 Å². The van der Waals surface area contributed by atoms with E-state index in [0.29, 0.717) is 21.5 Å². The molecule has 0 aliphatic carbocycles. The van der Waals surface area contributed by atoms with Gasteiger partial charge in [0.25, 0.3) is 5.91 Å². The lowest BCUT2D eigenvalue weighted by molar-refractivity contribution is 0.103. The monoisotopic (exact) mass is 443 g/mol. The maximum absolute atomic E-state index is 12.6. The van der Waals surface area contributed by atoms with Crippen molar-refractivity contribution in [2.45, 2.75) is 6.92 Å². The van der Waals surface area contributed by atoms with Gasteiger partial charge < -0.3 is 9.47 Å². The van der Waals surface area contributed by atoms with Gasteiger partial charge >= 0.3 is 0 Å². The first-order chi connectivity index (χ1) is 14.1. The number of carbonyl (C=O) groups excluding carboxylic acids is 1. The van der Waals surface area contributed by atoms with Crippen LogP contribution in [0.5, 0.6) is 11.5 Å². The molecular weight excluding hydrogens is 426 g/mol. The molecule has 1 amide bonds. The summed E-state index contributed by atoms with van der Waals surface area (Å²) in [7, 11) is 3.20. The molecule has 3 aromatic heterocycles. The summed E-state index contributed by atoms with van der Waals surface area (Å²) in [4.78, 5) is 24.2. The predicted octanol–water partition coefficient (Wildman–Crippen LogP) is 5.57. The quantitative estimate of drug-likeness (QED) is 0.421. The molecule has 0 aliphatic heterocycles. The molecule has 3 heterocycles. The number of aromatic nitrogens is 2. The van der Waals surface area contributed by atoms with Crippen LogP contribution in [0.3, 0.4) is 0 Å². The van der Waals surface area contributed by atoms with E-state index in [1.165, 1.54) is 22.7 Å². The molecule has 6 nitrogen and oxygen atoms in total. The lowest BCUT2D eigenvalue weighted by Crippen LogP contribution is -2.09. The van der Waals surface area contributed by atoms with E-state index in [1.807, 2.05) is 42.6 Å². The first kappa shape index (κ1) is 19.6. The Morgan fingerprint density at radius 1 is 1.10 bits per heavy atom. The lowest BCUT2D eigenvalue weighted by atomic mass is 10.1. The number of ether oxygens (including phenoxy) is 2. The summed E-state index contributed by atoms with van der Waals surface area (Å²) in [5.74, 6) is 1.08. The van der Waals surface area contributed by atoms with Gasteiger partial charge in [0.1, 0.15) is 9.88 Å². The second-order valence-corrected chi connectivity index (χ2v) is 9.14. The number of benzene rings is 1. The lowest BCUT2D eigenvalue weighted by Gasteiger charge is -2.08. The first-order valence-corrected chi connectivity index (χ1v) is 11.1. The topological polar surface area (TPSA) is 73.3 Å². The predicted molar refractivity (Wildman–Crippen MR) is 119 cm³/mol. The van der Waals surface area contributed by atoms with Gasteiger partial charge in [-0.2, -0.15) is 0 Å². The highest BCUT2D eigenvalue weighted by Gasteiger charge is 2.17. The number of rotatable bonds is 6. The summed E-state index contributed by atoms with van der Waals surface area (Å²) in [6, 6.07) is 9.60. The van der Waals surface area contributed by atoms with Gasteiger partial charge in [-0.1, -0.05) is 6.07 Å². The fourth-order valence-corrected chi connectivity index (χ4v) is 5.20. The van der Waals surface area contributed by atoms with Gasteiger partial charge in [0.2, 0.25) is 0 Å². The van der Waals surface area contributed by atoms with E-state index in [1.54, 1.807) is 31.8 Å². The third-order valence-electron chi connectivity index (χ3n) is 4.14. The molecule has 1 N–H and O–H groups in total. The Hall–Kier alpha value is -2.75. The van der Waals surface area contributed by atoms with Crippen molar-refractivity contribution >= 4 is 45.0 Å². The number of aryl methyl sites for hydroxylation is 1. The molecule has 4 aromatic rings. The Morgan fingerprint density at radius 2 is 1.93 bits per heavy atom. The zero-order chi connectivity index (χ0) is 20.4. The molecule has 0 saturated heterocycles. The highest BCUT2D eigenvalue weighted by atomic mass is 32.1. The van der Waals surface area contributed by atoms with Crippen LogP contribution in [-0.2, 0) is 0 Å². The molecule has 4 rings (SSSR count). The summed E-state index contributed by atoms with van der Waals surface area (Å²) in [5, 5.41) is 6.26. The van der Waals surface area contributed by atoms with E-state index in [2.05, 4.69) is 15.3 Å². The van der Waals surface area contributed by atoms with E-state index in [-0.39, 0.29) is 5.91 Å². The van der Waals surface area contributed by atoms with E-state index in [9.17, 15) is 4.79 Å². The van der Waals surface area contributed by atoms with Gasteiger partial charge in [0.15, 0.2) is 16.6 Å². The normalized spacial score (nSPS) is 10.7. The number of carbonyl (C=O) groups is 1. The fourth-order valence-electron chi connectivity index (χ4n) is 2.75. The largest absolute Gasteiger partial charge is 0.493 e. The van der Waals surface area contributed by atoms with Crippen LogP contribution >= 0.6 is 34.0 Å². The molecule has 148 valence electrons. The summed E-state index contributed by atoms with van der Waals surface area (Å²) in [5.41, 5.74) is 1.70. The number of methoxy groups -OCH3 is 2. The van der Waals surface area contributed by atoms with Gasteiger partial charge in [-0.05, 0) is 36.6 Å². The fraction of sp³-hybridized carbons (Fsp3) is 0.150. The third kappa shape index (κ3) is 4.02. The van der Waals surface area contributed by atoms with Crippen LogP contribution in [0.15, 0.2) is 41.9 Å². The minimum atomic E-state index is -0.210. The molecule has 29 heavy (non-hydrogen) atoms. The standard InChI is InChI=1S/C20H17N3O3S3/c1-11-17(12-6-7-13(25-2)14(9-12)26-3)22-20(28-11)23-18(24)16-10-21-19(29-16)15-5-4-8-27-15/h4-10H,1-3H3,(H,22,23,24). The van der Waals surface area contributed by atoms with E-state index in [4.69, 9.17) is 9.47 Å². The minimum absolute atomic E-state index is 0.210. The molecule has 0 unspecified atom stereocenters. The molecule has 0 radical (unpaired) electrons. The van der Waals surface area contributed by atoms with E-state index in [0.717, 1.165) is 26.0 Å². The second-order valence-electron chi connectivity index (χ2n) is 5.95. The van der Waals surface area contributed by atoms with Crippen LogP contribution in [0.1, 0.15) is 14.5 Å². The number of nitrogens with one attached hydrogen (secondary N) is 1. The Morgan fingerprint density at radius 3 is 2.66 bits per heavy atom. The van der Waals surface area contributed by atoms with Crippen molar-refractivity contribution in [2.75, 3.05) is 19.5 Å². The summed E-state index contributed by atoms with van der Waals surface area (Å²) in [6.07, 6.45) is 1.60. The summed E-state index contributed by atoms with van der Waals surface area (Å²) >= 11 is 4.40. The molecule has 0 aliphatic rings. The Bertz CT molecular complexity index is 1150. The van der Waals surface area contributed by atoms with E-state index >= 15 is 0 Å². The number of anilines is 1. The van der Waals surface area contributed by atoms with Gasteiger partial charge in [0, 0.05) is 10.4 Å². The van der Waals surface area contributed by atoms with Crippen molar-refractivity contribution in [1.82, 2.24) is 9.97 Å². The zero-order valence-electron chi connectivity index (χ0n) is 15.9. The van der Waals surface area contributed by atoms with Crippen LogP contribution in [0, 0.1) is 6.92 Å². The van der Waals surface area contributed by atoms with Crippen molar-refractivity contribution in [3.05, 3.63) is 51.7 Å².